The topological polar surface area (TPSA) is 78.8 Å². The third kappa shape index (κ3) is 6.60. The van der Waals surface area contributed by atoms with Crippen molar-refractivity contribution in [2.45, 2.75) is 38.5 Å². The SMILES string of the molecule is N#CC(CS)C1=NCCN1CCCCCCCCN1CCN=C1C(C#N)CS. The van der Waals surface area contributed by atoms with Crippen molar-refractivity contribution in [3.05, 3.63) is 0 Å². The second kappa shape index (κ2) is 13.0. The molecule has 0 spiro atoms. The molecule has 2 aliphatic rings. The molecule has 0 aromatic heterocycles. The van der Waals surface area contributed by atoms with Crippen molar-refractivity contribution < 1.29 is 0 Å². The number of thiol groups is 2. The zero-order valence-electron chi connectivity index (χ0n) is 16.6. The Hall–Kier alpha value is -1.38. The van der Waals surface area contributed by atoms with E-state index in [-0.39, 0.29) is 11.8 Å². The minimum atomic E-state index is -0.173. The van der Waals surface area contributed by atoms with Gasteiger partial charge in [-0.25, -0.2) is 0 Å². The van der Waals surface area contributed by atoms with Gasteiger partial charge in [0.1, 0.15) is 23.5 Å². The fraction of sp³-hybridized carbons (Fsp3) is 0.800. The van der Waals surface area contributed by atoms with Crippen LogP contribution in [-0.2, 0) is 0 Å². The van der Waals surface area contributed by atoms with Crippen molar-refractivity contribution in [3.63, 3.8) is 0 Å². The van der Waals surface area contributed by atoms with Gasteiger partial charge >= 0.3 is 0 Å². The first-order valence-corrected chi connectivity index (χ1v) is 11.6. The van der Waals surface area contributed by atoms with E-state index in [1.54, 1.807) is 0 Å². The van der Waals surface area contributed by atoms with E-state index in [1.165, 1.54) is 25.7 Å². The molecule has 0 fully saturated rings. The van der Waals surface area contributed by atoms with Gasteiger partial charge in [0.2, 0.25) is 0 Å². The lowest BCUT2D eigenvalue weighted by Gasteiger charge is -2.23. The first-order valence-electron chi connectivity index (χ1n) is 10.3. The van der Waals surface area contributed by atoms with E-state index in [2.05, 4.69) is 57.2 Å². The van der Waals surface area contributed by atoms with Gasteiger partial charge in [-0.3, -0.25) is 9.98 Å². The second-order valence-corrected chi connectivity index (χ2v) is 8.03. The summed E-state index contributed by atoms with van der Waals surface area (Å²) in [5, 5.41) is 18.4. The smallest absolute Gasteiger partial charge is 0.117 e. The Bertz CT molecular complexity index is 567. The molecular weight excluding hydrogens is 388 g/mol. The molecule has 8 heteroatoms. The highest BCUT2D eigenvalue weighted by molar-refractivity contribution is 7.80. The van der Waals surface area contributed by atoms with Gasteiger partial charge in [-0.2, -0.15) is 35.8 Å². The normalized spacial score (nSPS) is 18.4. The van der Waals surface area contributed by atoms with Gasteiger partial charge in [-0.1, -0.05) is 25.7 Å². The van der Waals surface area contributed by atoms with Crippen molar-refractivity contribution >= 4 is 36.9 Å². The zero-order chi connectivity index (χ0) is 20.2. The second-order valence-electron chi connectivity index (χ2n) is 7.30. The molecule has 0 radical (unpaired) electrons. The molecule has 154 valence electrons. The van der Waals surface area contributed by atoms with Crippen LogP contribution >= 0.6 is 25.3 Å². The van der Waals surface area contributed by atoms with Gasteiger partial charge in [-0.05, 0) is 12.8 Å². The standard InChI is InChI=1S/C20H32N6S2/c21-13-17(15-27)19-23-7-11-25(19)9-5-3-1-2-4-6-10-26-12-8-24-20(26)18(14-22)16-28/h17-18,27-28H,1-12,15-16H2. The summed E-state index contributed by atoms with van der Waals surface area (Å²) in [6, 6.07) is 4.61. The molecule has 0 saturated carbocycles. The van der Waals surface area contributed by atoms with Gasteiger partial charge in [0, 0.05) is 37.7 Å². The van der Waals surface area contributed by atoms with E-state index < -0.39 is 0 Å². The van der Waals surface area contributed by atoms with Gasteiger partial charge in [0.25, 0.3) is 0 Å². The van der Waals surface area contributed by atoms with Crippen LogP contribution in [0.4, 0.5) is 0 Å². The summed E-state index contributed by atoms with van der Waals surface area (Å²) in [4.78, 5) is 13.5. The minimum Gasteiger partial charge on any atom is -0.357 e. The lowest BCUT2D eigenvalue weighted by molar-refractivity contribution is 0.408. The summed E-state index contributed by atoms with van der Waals surface area (Å²) < 4.78 is 0. The Balaban J connectivity index is 1.54. The number of amidine groups is 2. The lowest BCUT2D eigenvalue weighted by Crippen LogP contribution is -2.34. The third-order valence-electron chi connectivity index (χ3n) is 5.34. The van der Waals surface area contributed by atoms with Crippen LogP contribution in [0.2, 0.25) is 0 Å². The lowest BCUT2D eigenvalue weighted by atomic mass is 10.1. The quantitative estimate of drug-likeness (QED) is 0.355. The van der Waals surface area contributed by atoms with E-state index in [4.69, 9.17) is 0 Å². The molecule has 2 heterocycles. The number of hydrogen-bond acceptors (Lipinski definition) is 8. The number of hydrogen-bond donors (Lipinski definition) is 2. The van der Waals surface area contributed by atoms with E-state index in [9.17, 15) is 10.5 Å². The Morgan fingerprint density at radius 3 is 1.50 bits per heavy atom. The summed E-state index contributed by atoms with van der Waals surface area (Å²) in [5.74, 6) is 2.62. The van der Waals surface area contributed by atoms with Crippen LogP contribution < -0.4 is 0 Å². The molecule has 0 aromatic carbocycles. The Morgan fingerprint density at radius 1 is 0.750 bits per heavy atom. The van der Waals surface area contributed by atoms with Crippen molar-refractivity contribution in [3.8, 4) is 12.1 Å². The molecule has 2 atom stereocenters. The average Bonchev–Trinajstić information content (AvgIpc) is 3.36. The van der Waals surface area contributed by atoms with Crippen molar-refractivity contribution in [1.82, 2.24) is 9.80 Å². The molecule has 0 saturated heterocycles. The number of nitriles is 2. The van der Waals surface area contributed by atoms with Gasteiger partial charge in [-0.15, -0.1) is 0 Å². The van der Waals surface area contributed by atoms with E-state index in [1.807, 2.05) is 0 Å². The Morgan fingerprint density at radius 2 is 1.14 bits per heavy atom. The van der Waals surface area contributed by atoms with Gasteiger partial charge < -0.3 is 9.80 Å². The molecule has 28 heavy (non-hydrogen) atoms. The minimum absolute atomic E-state index is 0.173. The van der Waals surface area contributed by atoms with Crippen LogP contribution in [0.25, 0.3) is 0 Å². The predicted octanol–water partition coefficient (Wildman–Crippen LogP) is 2.89. The maximum absolute atomic E-state index is 9.21. The highest BCUT2D eigenvalue weighted by Gasteiger charge is 2.24. The summed E-state index contributed by atoms with van der Waals surface area (Å²) in [7, 11) is 0. The molecular formula is C20H32N6S2. The third-order valence-corrected chi connectivity index (χ3v) is 6.07. The highest BCUT2D eigenvalue weighted by atomic mass is 32.1. The average molecular weight is 421 g/mol. The Labute approximate surface area is 180 Å². The van der Waals surface area contributed by atoms with Crippen molar-refractivity contribution in [2.24, 2.45) is 21.8 Å². The zero-order valence-corrected chi connectivity index (χ0v) is 18.4. The van der Waals surface area contributed by atoms with Crippen LogP contribution in [0.3, 0.4) is 0 Å². The first kappa shape index (κ1) is 22.9. The van der Waals surface area contributed by atoms with Crippen LogP contribution in [-0.4, -0.2) is 72.2 Å². The number of nitrogens with zero attached hydrogens (tertiary/aromatic N) is 6. The number of rotatable bonds is 13. The molecule has 0 aromatic rings. The number of aliphatic imine (C=N–C) groups is 2. The molecule has 2 unspecified atom stereocenters. The largest absolute Gasteiger partial charge is 0.357 e. The highest BCUT2D eigenvalue weighted by Crippen LogP contribution is 2.16. The first-order chi connectivity index (χ1) is 13.7. The van der Waals surface area contributed by atoms with Crippen molar-refractivity contribution in [1.29, 1.82) is 10.5 Å². The Kier molecular flexibility index (Phi) is 10.6. The monoisotopic (exact) mass is 420 g/mol. The van der Waals surface area contributed by atoms with Crippen LogP contribution in [0.1, 0.15) is 38.5 Å². The summed E-state index contributed by atoms with van der Waals surface area (Å²) in [6.45, 7) is 5.50. The van der Waals surface area contributed by atoms with Crippen LogP contribution in [0, 0.1) is 34.5 Å². The maximum Gasteiger partial charge on any atom is 0.117 e. The molecule has 0 bridgehead atoms. The van der Waals surface area contributed by atoms with Crippen LogP contribution in [0.5, 0.6) is 0 Å². The van der Waals surface area contributed by atoms with Crippen molar-refractivity contribution in [2.75, 3.05) is 50.8 Å². The molecule has 6 nitrogen and oxygen atoms in total. The fourth-order valence-electron chi connectivity index (χ4n) is 3.79. The molecule has 2 aliphatic heterocycles. The van der Waals surface area contributed by atoms with E-state index in [0.29, 0.717) is 11.5 Å². The summed E-state index contributed by atoms with van der Waals surface area (Å²) >= 11 is 8.54. The molecule has 0 amide bonds. The van der Waals surface area contributed by atoms with E-state index >= 15 is 0 Å². The van der Waals surface area contributed by atoms with E-state index in [0.717, 1.165) is 63.8 Å². The van der Waals surface area contributed by atoms with Gasteiger partial charge in [0.05, 0.1) is 25.2 Å². The fourth-order valence-corrected chi connectivity index (χ4v) is 4.28. The predicted molar refractivity (Wildman–Crippen MR) is 121 cm³/mol. The number of unbranched alkanes of at least 4 members (excludes halogenated alkanes) is 5. The molecule has 2 rings (SSSR count). The van der Waals surface area contributed by atoms with Crippen LogP contribution in [0.15, 0.2) is 9.98 Å². The summed E-state index contributed by atoms with van der Waals surface area (Å²) in [5.41, 5.74) is 0. The van der Waals surface area contributed by atoms with Gasteiger partial charge in [0.15, 0.2) is 0 Å². The maximum atomic E-state index is 9.21. The molecule has 0 N–H and O–H groups in total. The molecule has 0 aliphatic carbocycles. The summed E-state index contributed by atoms with van der Waals surface area (Å²) in [6.07, 6.45) is 7.22.